The molecular weight excluding hydrogens is 463 g/mol. The van der Waals surface area contributed by atoms with Crippen LogP contribution in [-0.2, 0) is 4.33 Å². The van der Waals surface area contributed by atoms with Crippen LogP contribution >= 0.6 is 104 Å². The van der Waals surface area contributed by atoms with Crippen molar-refractivity contribution in [3.63, 3.8) is 0 Å². The molecular formula is C12H8Cl9. The van der Waals surface area contributed by atoms with Crippen LogP contribution in [0.15, 0.2) is 24.3 Å². The normalized spacial score (nSPS) is 14.4. The summed E-state index contributed by atoms with van der Waals surface area (Å²) in [4.78, 5) is 0. The fourth-order valence-electron chi connectivity index (χ4n) is 1.47. The van der Waals surface area contributed by atoms with Gasteiger partial charge in [0.25, 0.3) is 0 Å². The summed E-state index contributed by atoms with van der Waals surface area (Å²) in [6.45, 7) is 1.84. The van der Waals surface area contributed by atoms with E-state index in [1.54, 1.807) is 18.2 Å². The zero-order valence-corrected chi connectivity index (χ0v) is 17.1. The summed E-state index contributed by atoms with van der Waals surface area (Å²) in [7, 11) is 0. The number of hydrogen-bond donors (Lipinski definition) is 0. The van der Waals surface area contributed by atoms with E-state index in [0.717, 1.165) is 5.56 Å². The van der Waals surface area contributed by atoms with Crippen molar-refractivity contribution >= 4 is 104 Å². The van der Waals surface area contributed by atoms with Gasteiger partial charge in [-0.15, -0.1) is 0 Å². The first kappa shape index (κ1) is 20.9. The Hall–Kier alpha value is 1.83. The fourth-order valence-corrected chi connectivity index (χ4v) is 3.68. The molecule has 0 saturated carbocycles. The monoisotopic (exact) mass is 467 g/mol. The first-order valence-corrected chi connectivity index (χ1v) is 8.79. The second-order valence-corrected chi connectivity index (χ2v) is 10.4. The Morgan fingerprint density at radius 3 is 1.76 bits per heavy atom. The maximum Gasteiger partial charge on any atom is 0.226 e. The van der Waals surface area contributed by atoms with Gasteiger partial charge in [-0.3, -0.25) is 0 Å². The molecule has 0 aliphatic heterocycles. The van der Waals surface area contributed by atoms with Gasteiger partial charge in [0.05, 0.1) is 0 Å². The maximum absolute atomic E-state index is 6.32. The van der Waals surface area contributed by atoms with E-state index in [-0.39, 0.29) is 0 Å². The van der Waals surface area contributed by atoms with Crippen LogP contribution in [0.1, 0.15) is 18.1 Å². The summed E-state index contributed by atoms with van der Waals surface area (Å²) < 4.78 is -8.70. The Morgan fingerprint density at radius 2 is 1.33 bits per heavy atom. The van der Waals surface area contributed by atoms with Crippen molar-refractivity contribution in [2.75, 3.05) is 0 Å². The SMILES string of the molecule is C[CH]c1cccc(C(Cl)(Cl)C(Cl)(Cl)C(Cl)(Cl)C(Cl)(Cl)Cl)c1. The van der Waals surface area contributed by atoms with E-state index in [2.05, 4.69) is 0 Å². The first-order chi connectivity index (χ1) is 9.29. The lowest BCUT2D eigenvalue weighted by Gasteiger charge is -2.44. The van der Waals surface area contributed by atoms with E-state index >= 15 is 0 Å². The van der Waals surface area contributed by atoms with Gasteiger partial charge in [-0.2, -0.15) is 0 Å². The molecule has 21 heavy (non-hydrogen) atoms. The molecule has 0 aliphatic rings. The van der Waals surface area contributed by atoms with Gasteiger partial charge in [-0.25, -0.2) is 0 Å². The van der Waals surface area contributed by atoms with Gasteiger partial charge >= 0.3 is 0 Å². The molecule has 0 heterocycles. The molecule has 0 atom stereocenters. The molecule has 1 aromatic rings. The third-order valence-corrected chi connectivity index (χ3v) is 8.20. The van der Waals surface area contributed by atoms with Crippen molar-refractivity contribution in [2.45, 2.75) is 23.7 Å². The summed E-state index contributed by atoms with van der Waals surface area (Å²) in [6.07, 6.45) is 1.83. The Balaban J connectivity index is 3.39. The van der Waals surface area contributed by atoms with E-state index in [9.17, 15) is 0 Å². The third kappa shape index (κ3) is 3.91. The summed E-state index contributed by atoms with van der Waals surface area (Å²) in [5, 5.41) is 0. The largest absolute Gasteiger partial charge is 0.226 e. The van der Waals surface area contributed by atoms with E-state index < -0.39 is 16.8 Å². The molecule has 0 aliphatic carbocycles. The van der Waals surface area contributed by atoms with Gasteiger partial charge in [0.1, 0.15) is 0 Å². The van der Waals surface area contributed by atoms with Gasteiger partial charge in [-0.1, -0.05) is 136 Å². The molecule has 0 nitrogen and oxygen atoms in total. The van der Waals surface area contributed by atoms with E-state index in [4.69, 9.17) is 104 Å². The van der Waals surface area contributed by atoms with Crippen molar-refractivity contribution < 1.29 is 0 Å². The number of halogens is 9. The second-order valence-electron chi connectivity index (χ2n) is 4.14. The molecule has 0 fully saturated rings. The molecule has 0 saturated heterocycles. The lowest BCUT2D eigenvalue weighted by Crippen LogP contribution is -2.54. The minimum Gasteiger partial charge on any atom is -0.0943 e. The number of rotatable bonds is 4. The van der Waals surface area contributed by atoms with E-state index in [1.807, 2.05) is 19.4 Å². The summed E-state index contributed by atoms with van der Waals surface area (Å²) >= 11 is 54.3. The Morgan fingerprint density at radius 1 is 0.810 bits per heavy atom. The van der Waals surface area contributed by atoms with Crippen LogP contribution in [0.2, 0.25) is 0 Å². The Bertz CT molecular complexity index is 502. The predicted octanol–water partition coefficient (Wildman–Crippen LogP) is 7.61. The number of hydrogen-bond acceptors (Lipinski definition) is 0. The second kappa shape index (κ2) is 6.98. The molecule has 0 unspecified atom stereocenters. The zero-order valence-electron chi connectivity index (χ0n) is 10.3. The predicted molar refractivity (Wildman–Crippen MR) is 98.1 cm³/mol. The van der Waals surface area contributed by atoms with E-state index in [0.29, 0.717) is 5.56 Å². The topological polar surface area (TPSA) is 0 Å². The van der Waals surface area contributed by atoms with Crippen molar-refractivity contribution in [2.24, 2.45) is 0 Å². The molecule has 0 amide bonds. The van der Waals surface area contributed by atoms with Crippen molar-refractivity contribution in [1.82, 2.24) is 0 Å². The zero-order chi connectivity index (χ0) is 16.7. The van der Waals surface area contributed by atoms with Gasteiger partial charge < -0.3 is 0 Å². The molecule has 0 bridgehead atoms. The highest BCUT2D eigenvalue weighted by atomic mass is 35.6. The molecule has 0 aromatic heterocycles. The van der Waals surface area contributed by atoms with Crippen LogP contribution in [0.5, 0.6) is 0 Å². The molecule has 119 valence electrons. The average molecular weight is 471 g/mol. The number of benzene rings is 1. The molecule has 0 spiro atoms. The standard InChI is InChI=1S/C12H8Cl9/c1-2-7-4-3-5-8(6-7)9(13,14)10(15,16)11(17,18)12(19,20)21/h2-6H,1H3. The highest BCUT2D eigenvalue weighted by Gasteiger charge is 2.68. The van der Waals surface area contributed by atoms with Crippen LogP contribution in [-0.4, -0.2) is 12.5 Å². The van der Waals surface area contributed by atoms with Gasteiger partial charge in [-0.05, 0) is 17.5 Å². The Kier molecular flexibility index (Phi) is 6.94. The van der Waals surface area contributed by atoms with Crippen molar-refractivity contribution in [3.8, 4) is 0 Å². The van der Waals surface area contributed by atoms with Crippen molar-refractivity contribution in [3.05, 3.63) is 41.8 Å². The van der Waals surface area contributed by atoms with Crippen LogP contribution in [0.3, 0.4) is 0 Å². The van der Waals surface area contributed by atoms with Crippen LogP contribution < -0.4 is 0 Å². The number of alkyl halides is 9. The van der Waals surface area contributed by atoms with Crippen LogP contribution in [0.25, 0.3) is 0 Å². The van der Waals surface area contributed by atoms with Crippen molar-refractivity contribution in [1.29, 1.82) is 0 Å². The minimum atomic E-state index is -2.29. The lowest BCUT2D eigenvalue weighted by atomic mass is 10.0. The minimum absolute atomic E-state index is 0.353. The highest BCUT2D eigenvalue weighted by molar-refractivity contribution is 6.80. The van der Waals surface area contributed by atoms with Crippen LogP contribution in [0.4, 0.5) is 0 Å². The molecule has 1 aromatic carbocycles. The van der Waals surface area contributed by atoms with Gasteiger partial charge in [0.15, 0.2) is 8.67 Å². The lowest BCUT2D eigenvalue weighted by molar-refractivity contribution is 0.600. The fraction of sp³-hybridized carbons (Fsp3) is 0.417. The quantitative estimate of drug-likeness (QED) is 0.397. The van der Waals surface area contributed by atoms with Crippen LogP contribution in [0, 0.1) is 6.42 Å². The highest BCUT2D eigenvalue weighted by Crippen LogP contribution is 2.65. The Labute approximate surface area is 168 Å². The smallest absolute Gasteiger partial charge is 0.0943 e. The molecule has 9 heteroatoms. The van der Waals surface area contributed by atoms with Gasteiger partial charge in [0.2, 0.25) is 8.13 Å². The maximum atomic E-state index is 6.32. The van der Waals surface area contributed by atoms with E-state index in [1.165, 1.54) is 0 Å². The molecule has 1 radical (unpaired) electrons. The third-order valence-electron chi connectivity index (χ3n) is 2.73. The first-order valence-electron chi connectivity index (χ1n) is 5.39. The summed E-state index contributed by atoms with van der Waals surface area (Å²) in [6, 6.07) is 6.82. The molecule has 1 rings (SSSR count). The molecule has 0 N–H and O–H groups in total. The van der Waals surface area contributed by atoms with Gasteiger partial charge in [0, 0.05) is 0 Å². The summed E-state index contributed by atoms with van der Waals surface area (Å²) in [5.74, 6) is 0. The average Bonchev–Trinajstić information content (AvgIpc) is 2.37. The summed E-state index contributed by atoms with van der Waals surface area (Å²) in [5.41, 5.74) is 1.19.